The van der Waals surface area contributed by atoms with E-state index in [-0.39, 0.29) is 5.75 Å². The van der Waals surface area contributed by atoms with Gasteiger partial charge in [-0.05, 0) is 41.5 Å². The van der Waals surface area contributed by atoms with Crippen LogP contribution in [0.3, 0.4) is 0 Å². The molecule has 5 aromatic rings. The Morgan fingerprint density at radius 3 is 2.39 bits per heavy atom. The Morgan fingerprint density at radius 2 is 1.67 bits per heavy atom. The predicted octanol–water partition coefficient (Wildman–Crippen LogP) is 6.27. The maximum absolute atomic E-state index is 9.79. The molecular weight excluding hydrogens is 408 g/mol. The number of phenolic OH excluding ortho intramolecular Hbond substituents is 1. The number of nitrogens with zero attached hydrogens (tertiary/aromatic N) is 3. The minimum atomic E-state index is 0.219. The SMILES string of the molecule is CN(C)c1ccc(-c2cc3cnc(Nc4cccc(O)c4)cc3n2Cc2ccccc2)cc1. The van der Waals surface area contributed by atoms with E-state index in [2.05, 4.69) is 80.4 Å². The average Bonchev–Trinajstić information content (AvgIpc) is 3.17. The van der Waals surface area contributed by atoms with Gasteiger partial charge in [-0.15, -0.1) is 0 Å². The number of rotatable bonds is 6. The highest BCUT2D eigenvalue weighted by Gasteiger charge is 2.13. The Morgan fingerprint density at radius 1 is 0.879 bits per heavy atom. The molecule has 2 aromatic heterocycles. The summed E-state index contributed by atoms with van der Waals surface area (Å²) in [6, 6.07) is 30.5. The molecule has 0 aliphatic carbocycles. The first kappa shape index (κ1) is 20.6. The van der Waals surface area contributed by atoms with E-state index in [0.29, 0.717) is 0 Å². The van der Waals surface area contributed by atoms with Crippen LogP contribution in [-0.4, -0.2) is 28.8 Å². The molecule has 5 heteroatoms. The second-order valence-corrected chi connectivity index (χ2v) is 8.35. The first-order chi connectivity index (χ1) is 16.1. The number of benzene rings is 3. The van der Waals surface area contributed by atoms with Crippen molar-refractivity contribution in [2.45, 2.75) is 6.54 Å². The molecule has 0 aliphatic heterocycles. The van der Waals surface area contributed by atoms with Gasteiger partial charge in [0.1, 0.15) is 11.6 Å². The summed E-state index contributed by atoms with van der Waals surface area (Å²) >= 11 is 0. The van der Waals surface area contributed by atoms with Gasteiger partial charge in [0.2, 0.25) is 0 Å². The third-order valence-corrected chi connectivity index (χ3v) is 5.77. The highest BCUT2D eigenvalue weighted by atomic mass is 16.3. The van der Waals surface area contributed by atoms with Crippen molar-refractivity contribution < 1.29 is 5.11 Å². The van der Waals surface area contributed by atoms with Crippen molar-refractivity contribution in [2.24, 2.45) is 0 Å². The predicted molar refractivity (Wildman–Crippen MR) is 136 cm³/mol. The second-order valence-electron chi connectivity index (χ2n) is 8.35. The normalized spacial score (nSPS) is 11.0. The van der Waals surface area contributed by atoms with E-state index >= 15 is 0 Å². The zero-order valence-corrected chi connectivity index (χ0v) is 18.7. The standard InChI is InChI=1S/C28H26N4O/c1-31(2)24-13-11-21(12-14-24)26-15-22-18-29-28(30-23-9-6-10-25(33)16-23)17-27(22)32(26)19-20-7-4-3-5-8-20/h3-18,33H,19H2,1-2H3,(H,29,30). The van der Waals surface area contributed by atoms with Crippen molar-refractivity contribution in [2.75, 3.05) is 24.3 Å². The lowest BCUT2D eigenvalue weighted by Gasteiger charge is -2.15. The van der Waals surface area contributed by atoms with E-state index in [0.717, 1.165) is 40.2 Å². The summed E-state index contributed by atoms with van der Waals surface area (Å²) in [5, 5.41) is 14.2. The van der Waals surface area contributed by atoms with Gasteiger partial charge in [-0.25, -0.2) is 4.98 Å². The Bertz CT molecular complexity index is 1390. The molecule has 0 aliphatic rings. The number of aromatic nitrogens is 2. The topological polar surface area (TPSA) is 53.3 Å². The van der Waals surface area contributed by atoms with Crippen molar-refractivity contribution in [1.82, 2.24) is 9.55 Å². The molecule has 3 aromatic carbocycles. The summed E-state index contributed by atoms with van der Waals surface area (Å²) in [5.74, 6) is 0.951. The lowest BCUT2D eigenvalue weighted by Crippen LogP contribution is -2.08. The van der Waals surface area contributed by atoms with Crippen LogP contribution in [0, 0.1) is 0 Å². The van der Waals surface area contributed by atoms with Gasteiger partial charge in [-0.2, -0.15) is 0 Å². The van der Waals surface area contributed by atoms with Crippen LogP contribution in [0.4, 0.5) is 17.2 Å². The number of aromatic hydroxyl groups is 1. The third kappa shape index (κ3) is 4.39. The first-order valence-electron chi connectivity index (χ1n) is 10.9. The number of hydrogen-bond acceptors (Lipinski definition) is 4. The van der Waals surface area contributed by atoms with E-state index in [1.807, 2.05) is 38.5 Å². The largest absolute Gasteiger partial charge is 0.508 e. The number of pyridine rings is 1. The fourth-order valence-corrected chi connectivity index (χ4v) is 4.06. The molecule has 0 atom stereocenters. The molecule has 2 N–H and O–H groups in total. The average molecular weight is 435 g/mol. The summed E-state index contributed by atoms with van der Waals surface area (Å²) in [6.45, 7) is 0.755. The van der Waals surface area contributed by atoms with Gasteiger partial charge >= 0.3 is 0 Å². The maximum Gasteiger partial charge on any atom is 0.132 e. The molecule has 0 saturated carbocycles. The molecule has 5 rings (SSSR count). The minimum absolute atomic E-state index is 0.219. The van der Waals surface area contributed by atoms with E-state index in [4.69, 9.17) is 0 Å². The molecule has 0 amide bonds. The Hall–Kier alpha value is -4.25. The Kier molecular flexibility index (Phi) is 5.45. The molecule has 2 heterocycles. The van der Waals surface area contributed by atoms with E-state index in [1.165, 1.54) is 11.3 Å². The molecule has 164 valence electrons. The van der Waals surface area contributed by atoms with E-state index < -0.39 is 0 Å². The fraction of sp³-hybridized carbons (Fsp3) is 0.107. The molecule has 0 saturated heterocycles. The highest BCUT2D eigenvalue weighted by Crippen LogP contribution is 2.32. The lowest BCUT2D eigenvalue weighted by molar-refractivity contribution is 0.475. The molecule has 5 nitrogen and oxygen atoms in total. The molecule has 0 bridgehead atoms. The molecular formula is C28H26N4O. The summed E-state index contributed by atoms with van der Waals surface area (Å²) < 4.78 is 2.34. The van der Waals surface area contributed by atoms with Gasteiger partial charge in [0.15, 0.2) is 0 Å². The third-order valence-electron chi connectivity index (χ3n) is 5.77. The van der Waals surface area contributed by atoms with Crippen molar-refractivity contribution in [3.05, 3.63) is 103 Å². The fourth-order valence-electron chi connectivity index (χ4n) is 4.06. The van der Waals surface area contributed by atoms with E-state index in [1.54, 1.807) is 12.1 Å². The summed E-state index contributed by atoms with van der Waals surface area (Å²) in [4.78, 5) is 6.72. The smallest absolute Gasteiger partial charge is 0.132 e. The summed E-state index contributed by atoms with van der Waals surface area (Å²) in [7, 11) is 4.10. The van der Waals surface area contributed by atoms with Crippen molar-refractivity contribution >= 4 is 28.1 Å². The van der Waals surface area contributed by atoms with Crippen LogP contribution in [0.1, 0.15) is 5.56 Å². The number of nitrogens with one attached hydrogen (secondary N) is 1. The number of phenols is 1. The Balaban J connectivity index is 1.60. The van der Waals surface area contributed by atoms with Gasteiger partial charge in [-0.1, -0.05) is 48.5 Å². The zero-order chi connectivity index (χ0) is 22.8. The van der Waals surface area contributed by atoms with Crippen LogP contribution < -0.4 is 10.2 Å². The maximum atomic E-state index is 9.79. The van der Waals surface area contributed by atoms with Crippen LogP contribution in [0.15, 0.2) is 97.2 Å². The molecule has 0 fully saturated rings. The summed E-state index contributed by atoms with van der Waals surface area (Å²) in [6.07, 6.45) is 1.90. The van der Waals surface area contributed by atoms with Gasteiger partial charge in [-0.3, -0.25) is 0 Å². The number of hydrogen-bond donors (Lipinski definition) is 2. The van der Waals surface area contributed by atoms with Crippen molar-refractivity contribution in [1.29, 1.82) is 0 Å². The number of anilines is 3. The lowest BCUT2D eigenvalue weighted by atomic mass is 10.1. The minimum Gasteiger partial charge on any atom is -0.508 e. The number of fused-ring (bicyclic) bond motifs is 1. The van der Waals surface area contributed by atoms with Crippen molar-refractivity contribution in [3.63, 3.8) is 0 Å². The molecule has 0 spiro atoms. The molecule has 0 radical (unpaired) electrons. The van der Waals surface area contributed by atoms with Crippen LogP contribution in [0.5, 0.6) is 5.75 Å². The zero-order valence-electron chi connectivity index (χ0n) is 18.7. The summed E-state index contributed by atoms with van der Waals surface area (Å²) in [5.41, 5.74) is 6.61. The first-order valence-corrected chi connectivity index (χ1v) is 10.9. The monoisotopic (exact) mass is 434 g/mol. The van der Waals surface area contributed by atoms with Gasteiger partial charge < -0.3 is 19.9 Å². The van der Waals surface area contributed by atoms with E-state index in [9.17, 15) is 5.11 Å². The van der Waals surface area contributed by atoms with Crippen LogP contribution in [-0.2, 0) is 6.54 Å². The molecule has 0 unspecified atom stereocenters. The van der Waals surface area contributed by atoms with Crippen LogP contribution in [0.25, 0.3) is 22.2 Å². The molecule has 33 heavy (non-hydrogen) atoms. The second kappa shape index (κ2) is 8.71. The van der Waals surface area contributed by atoms with Crippen LogP contribution in [0.2, 0.25) is 0 Å². The van der Waals surface area contributed by atoms with Gasteiger partial charge in [0.25, 0.3) is 0 Å². The van der Waals surface area contributed by atoms with Gasteiger partial charge in [0.05, 0.1) is 5.52 Å². The van der Waals surface area contributed by atoms with Crippen LogP contribution >= 0.6 is 0 Å². The highest BCUT2D eigenvalue weighted by molar-refractivity contribution is 5.89. The van der Waals surface area contributed by atoms with Gasteiger partial charge in [0, 0.05) is 61.4 Å². The Labute approximate surface area is 193 Å². The quantitative estimate of drug-likeness (QED) is 0.331. The van der Waals surface area contributed by atoms with Crippen molar-refractivity contribution in [3.8, 4) is 17.0 Å².